The highest BCUT2D eigenvalue weighted by Gasteiger charge is 2.30. The lowest BCUT2D eigenvalue weighted by Gasteiger charge is -2.33. The summed E-state index contributed by atoms with van der Waals surface area (Å²) < 4.78 is 5.09. The minimum atomic E-state index is -0.415. The molecule has 88 valence electrons. The van der Waals surface area contributed by atoms with Crippen LogP contribution in [0.5, 0.6) is 5.75 Å². The fraction of sp³-hybridized carbons (Fsp3) is 0.538. The van der Waals surface area contributed by atoms with Gasteiger partial charge in [-0.05, 0) is 36.5 Å². The van der Waals surface area contributed by atoms with Crippen molar-refractivity contribution in [1.29, 1.82) is 0 Å². The van der Waals surface area contributed by atoms with Gasteiger partial charge in [0.1, 0.15) is 5.75 Å². The molecule has 0 heterocycles. The zero-order valence-electron chi connectivity index (χ0n) is 9.60. The first-order valence-electron chi connectivity index (χ1n) is 5.80. The molecule has 0 radical (unpaired) electrons. The highest BCUT2D eigenvalue weighted by molar-refractivity contribution is 5.29. The van der Waals surface area contributed by atoms with Crippen LogP contribution in [-0.2, 0) is 0 Å². The standard InChI is InChI=1S/C13H19NO2/c1-16-11-7-5-9(6-8-11)12(14)13(15)10-3-2-4-10/h5-8,10,12-13,15H,2-4,14H2,1H3/t12-,13+/m0/s1. The lowest BCUT2D eigenvalue weighted by atomic mass is 9.77. The lowest BCUT2D eigenvalue weighted by molar-refractivity contribution is 0.0413. The molecule has 16 heavy (non-hydrogen) atoms. The van der Waals surface area contributed by atoms with Gasteiger partial charge in [0.25, 0.3) is 0 Å². The normalized spacial score (nSPS) is 19.9. The number of ether oxygens (including phenoxy) is 1. The van der Waals surface area contributed by atoms with Crippen LogP contribution in [0.4, 0.5) is 0 Å². The summed E-state index contributed by atoms with van der Waals surface area (Å²) in [5.74, 6) is 1.20. The number of methoxy groups -OCH3 is 1. The summed E-state index contributed by atoms with van der Waals surface area (Å²) in [6.45, 7) is 0. The lowest BCUT2D eigenvalue weighted by Crippen LogP contribution is -2.36. The molecular formula is C13H19NO2. The third-order valence-corrected chi connectivity index (χ3v) is 3.50. The second-order valence-corrected chi connectivity index (χ2v) is 4.48. The van der Waals surface area contributed by atoms with Gasteiger partial charge in [0.15, 0.2) is 0 Å². The topological polar surface area (TPSA) is 55.5 Å². The first kappa shape index (κ1) is 11.4. The largest absolute Gasteiger partial charge is 0.497 e. The highest BCUT2D eigenvalue weighted by Crippen LogP contribution is 2.34. The number of rotatable bonds is 4. The van der Waals surface area contributed by atoms with Crippen molar-refractivity contribution in [3.63, 3.8) is 0 Å². The molecule has 3 heteroatoms. The summed E-state index contributed by atoms with van der Waals surface area (Å²) in [7, 11) is 1.64. The van der Waals surface area contributed by atoms with Crippen molar-refractivity contribution in [2.45, 2.75) is 31.4 Å². The first-order chi connectivity index (χ1) is 7.72. The second kappa shape index (κ2) is 4.85. The summed E-state index contributed by atoms with van der Waals surface area (Å²) in [6.07, 6.45) is 3.01. The molecule has 1 aliphatic carbocycles. The Kier molecular flexibility index (Phi) is 3.46. The van der Waals surface area contributed by atoms with Crippen LogP contribution in [0.3, 0.4) is 0 Å². The number of benzene rings is 1. The molecule has 0 aromatic heterocycles. The third kappa shape index (κ3) is 2.20. The van der Waals surface area contributed by atoms with Gasteiger partial charge in [0.2, 0.25) is 0 Å². The molecule has 1 aromatic carbocycles. The van der Waals surface area contributed by atoms with Crippen molar-refractivity contribution in [3.05, 3.63) is 29.8 Å². The zero-order chi connectivity index (χ0) is 11.5. The van der Waals surface area contributed by atoms with E-state index >= 15 is 0 Å². The van der Waals surface area contributed by atoms with Crippen molar-refractivity contribution in [2.24, 2.45) is 11.7 Å². The maximum absolute atomic E-state index is 10.1. The van der Waals surface area contributed by atoms with Gasteiger partial charge in [0.05, 0.1) is 19.3 Å². The third-order valence-electron chi connectivity index (χ3n) is 3.50. The Morgan fingerprint density at radius 2 is 1.94 bits per heavy atom. The van der Waals surface area contributed by atoms with Gasteiger partial charge < -0.3 is 15.6 Å². The quantitative estimate of drug-likeness (QED) is 0.816. The Balaban J connectivity index is 2.04. The summed E-state index contributed by atoms with van der Waals surface area (Å²) in [5, 5.41) is 10.1. The zero-order valence-corrected chi connectivity index (χ0v) is 9.60. The molecule has 2 atom stereocenters. The van der Waals surface area contributed by atoms with E-state index in [0.717, 1.165) is 24.2 Å². The molecule has 2 rings (SSSR count). The van der Waals surface area contributed by atoms with E-state index in [0.29, 0.717) is 5.92 Å². The summed E-state index contributed by atoms with van der Waals surface area (Å²) in [6, 6.07) is 7.32. The van der Waals surface area contributed by atoms with Crippen LogP contribution in [0.1, 0.15) is 30.9 Å². The van der Waals surface area contributed by atoms with Crippen molar-refractivity contribution in [1.82, 2.24) is 0 Å². The van der Waals surface area contributed by atoms with Crippen LogP contribution < -0.4 is 10.5 Å². The Hall–Kier alpha value is -1.06. The molecular weight excluding hydrogens is 202 g/mol. The van der Waals surface area contributed by atoms with Crippen LogP contribution in [-0.4, -0.2) is 18.3 Å². The van der Waals surface area contributed by atoms with Gasteiger partial charge >= 0.3 is 0 Å². The van der Waals surface area contributed by atoms with Gasteiger partial charge in [-0.3, -0.25) is 0 Å². The number of hydrogen-bond acceptors (Lipinski definition) is 3. The van der Waals surface area contributed by atoms with E-state index in [2.05, 4.69) is 0 Å². The van der Waals surface area contributed by atoms with E-state index in [9.17, 15) is 5.11 Å². The number of aliphatic hydroxyl groups is 1. The van der Waals surface area contributed by atoms with Crippen molar-refractivity contribution >= 4 is 0 Å². The molecule has 3 N–H and O–H groups in total. The molecule has 0 spiro atoms. The average molecular weight is 221 g/mol. The van der Waals surface area contributed by atoms with Crippen LogP contribution in [0, 0.1) is 5.92 Å². The van der Waals surface area contributed by atoms with E-state index < -0.39 is 6.10 Å². The predicted molar refractivity (Wildman–Crippen MR) is 63.3 cm³/mol. The predicted octanol–water partition coefficient (Wildman–Crippen LogP) is 1.86. The number of nitrogens with two attached hydrogens (primary N) is 1. The van der Waals surface area contributed by atoms with Crippen LogP contribution in [0.25, 0.3) is 0 Å². The minimum Gasteiger partial charge on any atom is -0.497 e. The second-order valence-electron chi connectivity index (χ2n) is 4.48. The Bertz CT molecular complexity index is 332. The van der Waals surface area contributed by atoms with Crippen molar-refractivity contribution in [2.75, 3.05) is 7.11 Å². The van der Waals surface area contributed by atoms with Gasteiger partial charge in [-0.1, -0.05) is 18.6 Å². The van der Waals surface area contributed by atoms with Gasteiger partial charge in [-0.2, -0.15) is 0 Å². The van der Waals surface area contributed by atoms with Crippen LogP contribution >= 0.6 is 0 Å². The molecule has 1 aromatic rings. The van der Waals surface area contributed by atoms with E-state index in [1.54, 1.807) is 7.11 Å². The van der Waals surface area contributed by atoms with Crippen LogP contribution in [0.15, 0.2) is 24.3 Å². The molecule has 0 unspecified atom stereocenters. The van der Waals surface area contributed by atoms with E-state index in [1.807, 2.05) is 24.3 Å². The maximum atomic E-state index is 10.1. The van der Waals surface area contributed by atoms with E-state index in [1.165, 1.54) is 6.42 Å². The highest BCUT2D eigenvalue weighted by atomic mass is 16.5. The SMILES string of the molecule is COc1ccc([C@H](N)[C@H](O)C2CCC2)cc1. The molecule has 0 aliphatic heterocycles. The summed E-state index contributed by atoms with van der Waals surface area (Å²) >= 11 is 0. The Labute approximate surface area is 96.2 Å². The minimum absolute atomic E-state index is 0.281. The number of aliphatic hydroxyl groups excluding tert-OH is 1. The molecule has 1 fully saturated rings. The number of hydrogen-bond donors (Lipinski definition) is 2. The molecule has 0 bridgehead atoms. The van der Waals surface area contributed by atoms with Gasteiger partial charge in [-0.25, -0.2) is 0 Å². The molecule has 3 nitrogen and oxygen atoms in total. The molecule has 1 aliphatic rings. The maximum Gasteiger partial charge on any atom is 0.118 e. The van der Waals surface area contributed by atoms with Crippen LogP contribution in [0.2, 0.25) is 0 Å². The Morgan fingerprint density at radius 3 is 2.38 bits per heavy atom. The fourth-order valence-electron chi connectivity index (χ4n) is 2.10. The van der Waals surface area contributed by atoms with Gasteiger partial charge in [0, 0.05) is 0 Å². The molecule has 0 saturated heterocycles. The van der Waals surface area contributed by atoms with E-state index in [-0.39, 0.29) is 6.04 Å². The van der Waals surface area contributed by atoms with Gasteiger partial charge in [-0.15, -0.1) is 0 Å². The average Bonchev–Trinajstić information content (AvgIpc) is 2.26. The fourth-order valence-corrected chi connectivity index (χ4v) is 2.10. The smallest absolute Gasteiger partial charge is 0.118 e. The van der Waals surface area contributed by atoms with E-state index in [4.69, 9.17) is 10.5 Å². The first-order valence-corrected chi connectivity index (χ1v) is 5.80. The monoisotopic (exact) mass is 221 g/mol. The Morgan fingerprint density at radius 1 is 1.31 bits per heavy atom. The summed E-state index contributed by atoms with van der Waals surface area (Å²) in [4.78, 5) is 0. The molecule has 0 amide bonds. The van der Waals surface area contributed by atoms with Crippen molar-refractivity contribution in [3.8, 4) is 5.75 Å². The molecule has 1 saturated carbocycles. The summed E-state index contributed by atoms with van der Waals surface area (Å²) in [5.41, 5.74) is 7.02. The van der Waals surface area contributed by atoms with Crippen molar-refractivity contribution < 1.29 is 9.84 Å².